The third-order valence-corrected chi connectivity index (χ3v) is 3.16. The molecule has 1 N–H and O–H groups in total. The quantitative estimate of drug-likeness (QED) is 0.901. The van der Waals surface area contributed by atoms with Gasteiger partial charge in [0.05, 0.1) is 6.61 Å². The van der Waals surface area contributed by atoms with Gasteiger partial charge in [0.25, 0.3) is 0 Å². The number of rotatable bonds is 5. The number of ether oxygens (including phenoxy) is 1. The molecule has 2 aromatic rings. The molecule has 0 aliphatic heterocycles. The molecular formula is C13H13NO3S. The third-order valence-electron chi connectivity index (χ3n) is 2.43. The number of aromatic carboxylic acids is 1. The topological polar surface area (TPSA) is 59.4 Å². The lowest BCUT2D eigenvalue weighted by molar-refractivity contribution is 0.0685. The van der Waals surface area contributed by atoms with Crippen LogP contribution in [0, 0.1) is 6.92 Å². The lowest BCUT2D eigenvalue weighted by Crippen LogP contribution is -2.08. The van der Waals surface area contributed by atoms with Crippen LogP contribution in [0.15, 0.2) is 29.0 Å². The Balaban J connectivity index is 2.02. The van der Waals surface area contributed by atoms with Gasteiger partial charge < -0.3 is 9.84 Å². The number of pyridine rings is 1. The van der Waals surface area contributed by atoms with E-state index in [1.54, 1.807) is 30.4 Å². The summed E-state index contributed by atoms with van der Waals surface area (Å²) in [7, 11) is 0. The highest BCUT2D eigenvalue weighted by Gasteiger charge is 2.13. The van der Waals surface area contributed by atoms with Crippen molar-refractivity contribution in [2.45, 2.75) is 13.3 Å². The van der Waals surface area contributed by atoms with E-state index >= 15 is 0 Å². The molecule has 0 aliphatic carbocycles. The summed E-state index contributed by atoms with van der Waals surface area (Å²) in [6, 6.07) is 5.42. The van der Waals surface area contributed by atoms with Crippen molar-refractivity contribution in [1.29, 1.82) is 0 Å². The van der Waals surface area contributed by atoms with E-state index in [9.17, 15) is 4.79 Å². The van der Waals surface area contributed by atoms with Gasteiger partial charge in [0.2, 0.25) is 0 Å². The van der Waals surface area contributed by atoms with Crippen molar-refractivity contribution >= 4 is 17.3 Å². The zero-order valence-electron chi connectivity index (χ0n) is 9.92. The van der Waals surface area contributed by atoms with E-state index in [0.717, 1.165) is 6.42 Å². The van der Waals surface area contributed by atoms with E-state index in [1.807, 2.05) is 11.4 Å². The van der Waals surface area contributed by atoms with Crippen LogP contribution in [0.4, 0.5) is 0 Å². The van der Waals surface area contributed by atoms with E-state index in [-0.39, 0.29) is 5.69 Å². The van der Waals surface area contributed by atoms with Gasteiger partial charge in [-0.05, 0) is 41.4 Å². The maximum absolute atomic E-state index is 11.0. The first-order chi connectivity index (χ1) is 8.66. The molecule has 18 heavy (non-hydrogen) atoms. The molecule has 0 spiro atoms. The average molecular weight is 263 g/mol. The fourth-order valence-electron chi connectivity index (χ4n) is 1.53. The second-order valence-electron chi connectivity index (χ2n) is 3.83. The predicted octanol–water partition coefficient (Wildman–Crippen LogP) is 2.77. The number of carboxylic acids is 1. The Morgan fingerprint density at radius 1 is 1.44 bits per heavy atom. The van der Waals surface area contributed by atoms with Gasteiger partial charge in [-0.15, -0.1) is 0 Å². The summed E-state index contributed by atoms with van der Waals surface area (Å²) in [6.45, 7) is 2.20. The lowest BCUT2D eigenvalue weighted by atomic mass is 10.2. The number of aromatic nitrogens is 1. The minimum absolute atomic E-state index is 0.0275. The van der Waals surface area contributed by atoms with Crippen LogP contribution in [-0.2, 0) is 6.42 Å². The van der Waals surface area contributed by atoms with Crippen molar-refractivity contribution in [3.8, 4) is 5.75 Å². The highest BCUT2D eigenvalue weighted by atomic mass is 32.1. The molecule has 0 atom stereocenters. The first-order valence-electron chi connectivity index (χ1n) is 5.51. The van der Waals surface area contributed by atoms with Crippen LogP contribution in [-0.4, -0.2) is 22.7 Å². The SMILES string of the molecule is Cc1ccc(OCCc2ccsc2)c(C(=O)O)n1. The number of hydrogen-bond acceptors (Lipinski definition) is 4. The third kappa shape index (κ3) is 3.07. The van der Waals surface area contributed by atoms with Crippen molar-refractivity contribution in [2.24, 2.45) is 0 Å². The van der Waals surface area contributed by atoms with Crippen LogP contribution in [0.2, 0.25) is 0 Å². The van der Waals surface area contributed by atoms with Gasteiger partial charge in [0, 0.05) is 12.1 Å². The average Bonchev–Trinajstić information content (AvgIpc) is 2.84. The lowest BCUT2D eigenvalue weighted by Gasteiger charge is -2.08. The molecule has 4 nitrogen and oxygen atoms in total. The zero-order chi connectivity index (χ0) is 13.0. The molecule has 0 amide bonds. The normalized spacial score (nSPS) is 10.3. The molecule has 0 radical (unpaired) electrons. The van der Waals surface area contributed by atoms with E-state index in [1.165, 1.54) is 5.56 Å². The van der Waals surface area contributed by atoms with Crippen molar-refractivity contribution in [3.63, 3.8) is 0 Å². The summed E-state index contributed by atoms with van der Waals surface area (Å²) >= 11 is 1.63. The van der Waals surface area contributed by atoms with Crippen molar-refractivity contribution in [1.82, 2.24) is 4.98 Å². The minimum Gasteiger partial charge on any atom is -0.491 e. The molecule has 2 rings (SSSR count). The molecule has 0 fully saturated rings. The Hall–Kier alpha value is -1.88. The summed E-state index contributed by atoms with van der Waals surface area (Å²) in [5, 5.41) is 13.1. The van der Waals surface area contributed by atoms with Gasteiger partial charge in [0.15, 0.2) is 11.4 Å². The molecule has 0 bridgehead atoms. The summed E-state index contributed by atoms with van der Waals surface area (Å²) in [6.07, 6.45) is 0.760. The highest BCUT2D eigenvalue weighted by Crippen LogP contribution is 2.17. The second-order valence-corrected chi connectivity index (χ2v) is 4.61. The Bertz CT molecular complexity index is 537. The van der Waals surface area contributed by atoms with E-state index < -0.39 is 5.97 Å². The molecule has 94 valence electrons. The first-order valence-corrected chi connectivity index (χ1v) is 6.46. The van der Waals surface area contributed by atoms with E-state index in [0.29, 0.717) is 18.1 Å². The molecule has 2 aromatic heterocycles. The van der Waals surface area contributed by atoms with Gasteiger partial charge in [-0.1, -0.05) is 0 Å². The number of nitrogens with zero attached hydrogens (tertiary/aromatic N) is 1. The Morgan fingerprint density at radius 3 is 2.94 bits per heavy atom. The monoisotopic (exact) mass is 263 g/mol. The maximum atomic E-state index is 11.0. The Morgan fingerprint density at radius 2 is 2.28 bits per heavy atom. The maximum Gasteiger partial charge on any atom is 0.358 e. The molecule has 5 heteroatoms. The van der Waals surface area contributed by atoms with Gasteiger partial charge >= 0.3 is 5.97 Å². The summed E-state index contributed by atoms with van der Waals surface area (Å²) in [5.41, 5.74) is 1.83. The molecule has 0 unspecified atom stereocenters. The van der Waals surface area contributed by atoms with Crippen molar-refractivity contribution in [2.75, 3.05) is 6.61 Å². The number of carbonyl (C=O) groups is 1. The fraction of sp³-hybridized carbons (Fsp3) is 0.231. The van der Waals surface area contributed by atoms with Crippen LogP contribution in [0.3, 0.4) is 0 Å². The second kappa shape index (κ2) is 5.64. The van der Waals surface area contributed by atoms with Gasteiger partial charge in [-0.3, -0.25) is 0 Å². The van der Waals surface area contributed by atoms with Crippen LogP contribution in [0.5, 0.6) is 5.75 Å². The highest BCUT2D eigenvalue weighted by molar-refractivity contribution is 7.07. The minimum atomic E-state index is -1.07. The number of hydrogen-bond donors (Lipinski definition) is 1. The van der Waals surface area contributed by atoms with Crippen molar-refractivity contribution in [3.05, 3.63) is 45.9 Å². The van der Waals surface area contributed by atoms with Crippen LogP contribution in [0.1, 0.15) is 21.7 Å². The standard InChI is InChI=1S/C13H13NO3S/c1-9-2-3-11(12(14-9)13(15)16)17-6-4-10-5-7-18-8-10/h2-3,5,7-8H,4,6H2,1H3,(H,15,16). The first kappa shape index (κ1) is 12.6. The van der Waals surface area contributed by atoms with Crippen LogP contribution in [0.25, 0.3) is 0 Å². The smallest absolute Gasteiger partial charge is 0.358 e. The summed E-state index contributed by atoms with van der Waals surface area (Å²) < 4.78 is 5.49. The molecular weight excluding hydrogens is 250 g/mol. The molecule has 0 aromatic carbocycles. The molecule has 0 aliphatic rings. The number of thiophene rings is 1. The van der Waals surface area contributed by atoms with Crippen LogP contribution >= 0.6 is 11.3 Å². The molecule has 2 heterocycles. The number of aryl methyl sites for hydroxylation is 1. The molecule has 0 saturated heterocycles. The van der Waals surface area contributed by atoms with Crippen molar-refractivity contribution < 1.29 is 14.6 Å². The zero-order valence-corrected chi connectivity index (χ0v) is 10.7. The number of carboxylic acid groups (broad SMARTS) is 1. The summed E-state index contributed by atoms with van der Waals surface area (Å²) in [4.78, 5) is 15.0. The van der Waals surface area contributed by atoms with Gasteiger partial charge in [-0.25, -0.2) is 9.78 Å². The largest absolute Gasteiger partial charge is 0.491 e. The van der Waals surface area contributed by atoms with Gasteiger partial charge in [0.1, 0.15) is 0 Å². The summed E-state index contributed by atoms with van der Waals surface area (Å²) in [5.74, 6) is -0.743. The predicted molar refractivity (Wildman–Crippen MR) is 69.5 cm³/mol. The Labute approximate surface area is 109 Å². The van der Waals surface area contributed by atoms with Gasteiger partial charge in [-0.2, -0.15) is 11.3 Å². The van der Waals surface area contributed by atoms with Crippen LogP contribution < -0.4 is 4.74 Å². The van der Waals surface area contributed by atoms with E-state index in [4.69, 9.17) is 9.84 Å². The Kier molecular flexibility index (Phi) is 3.94. The fourth-order valence-corrected chi connectivity index (χ4v) is 2.23. The molecule has 0 saturated carbocycles. The van der Waals surface area contributed by atoms with E-state index in [2.05, 4.69) is 10.4 Å².